The Labute approximate surface area is 199 Å². The smallest absolute Gasteiger partial charge is 0.338 e. The summed E-state index contributed by atoms with van der Waals surface area (Å²) < 4.78 is 23.5. The zero-order valence-corrected chi connectivity index (χ0v) is 18.4. The Morgan fingerprint density at radius 2 is 1.71 bits per heavy atom. The first-order chi connectivity index (χ1) is 17.0. The maximum Gasteiger partial charge on any atom is 0.338 e. The molecule has 5 aromatic rings. The molecule has 1 amide bonds. The zero-order chi connectivity index (χ0) is 24.4. The summed E-state index contributed by atoms with van der Waals surface area (Å²) in [5, 5.41) is 2.69. The molecular formula is C27H19FN4O3. The number of anilines is 1. The van der Waals surface area contributed by atoms with E-state index in [0.29, 0.717) is 33.8 Å². The van der Waals surface area contributed by atoms with Gasteiger partial charge < -0.3 is 10.1 Å². The van der Waals surface area contributed by atoms with Gasteiger partial charge in [0, 0.05) is 18.0 Å². The van der Waals surface area contributed by atoms with Crippen molar-refractivity contribution in [2.75, 3.05) is 5.32 Å². The van der Waals surface area contributed by atoms with E-state index in [-0.39, 0.29) is 11.7 Å². The molecule has 1 N–H and O–H groups in total. The van der Waals surface area contributed by atoms with Crippen LogP contribution in [0.15, 0.2) is 109 Å². The molecule has 0 atom stereocenters. The zero-order valence-electron chi connectivity index (χ0n) is 18.4. The Balaban J connectivity index is 1.61. The minimum atomic E-state index is -0.614. The summed E-state index contributed by atoms with van der Waals surface area (Å²) in [6.45, 7) is 3.45. The SMILES string of the molecule is C=CC(=O)Nc1cccc(-n2c(=O)n(-c3ccc(Oc4ccccc4)c(F)c3)c3cnccc32)c1. The van der Waals surface area contributed by atoms with Crippen molar-refractivity contribution in [3.63, 3.8) is 0 Å². The van der Waals surface area contributed by atoms with Crippen LogP contribution >= 0.6 is 0 Å². The molecule has 5 rings (SSSR count). The van der Waals surface area contributed by atoms with Crippen molar-refractivity contribution >= 4 is 22.6 Å². The summed E-state index contributed by atoms with van der Waals surface area (Å²) in [6, 6.07) is 21.8. The van der Waals surface area contributed by atoms with E-state index in [1.165, 1.54) is 21.3 Å². The number of benzene rings is 3. The fourth-order valence-corrected chi connectivity index (χ4v) is 3.79. The molecule has 0 bridgehead atoms. The first kappa shape index (κ1) is 21.8. The molecule has 35 heavy (non-hydrogen) atoms. The first-order valence-corrected chi connectivity index (χ1v) is 10.7. The van der Waals surface area contributed by atoms with E-state index in [9.17, 15) is 14.0 Å². The van der Waals surface area contributed by atoms with Crippen LogP contribution in [-0.2, 0) is 4.79 Å². The van der Waals surface area contributed by atoms with E-state index < -0.39 is 11.5 Å². The Bertz CT molecular complexity index is 1620. The lowest BCUT2D eigenvalue weighted by molar-refractivity contribution is -0.111. The highest BCUT2D eigenvalue weighted by Crippen LogP contribution is 2.28. The van der Waals surface area contributed by atoms with E-state index in [1.807, 2.05) is 6.07 Å². The van der Waals surface area contributed by atoms with Gasteiger partial charge in [-0.1, -0.05) is 30.8 Å². The monoisotopic (exact) mass is 466 g/mol. The van der Waals surface area contributed by atoms with Crippen molar-refractivity contribution in [2.24, 2.45) is 0 Å². The summed E-state index contributed by atoms with van der Waals surface area (Å²) in [4.78, 5) is 29.5. The van der Waals surface area contributed by atoms with Crippen molar-refractivity contribution in [1.29, 1.82) is 0 Å². The first-order valence-electron chi connectivity index (χ1n) is 10.7. The molecule has 0 unspecified atom stereocenters. The number of nitrogens with zero attached hydrogens (tertiary/aromatic N) is 3. The van der Waals surface area contributed by atoms with Gasteiger partial charge in [0.1, 0.15) is 5.75 Å². The average Bonchev–Trinajstić information content (AvgIpc) is 3.17. The number of halogens is 1. The van der Waals surface area contributed by atoms with Crippen LogP contribution in [0.3, 0.4) is 0 Å². The predicted molar refractivity (Wildman–Crippen MR) is 132 cm³/mol. The molecule has 0 aliphatic rings. The minimum absolute atomic E-state index is 0.0422. The summed E-state index contributed by atoms with van der Waals surface area (Å²) >= 11 is 0. The van der Waals surface area contributed by atoms with Crippen molar-refractivity contribution in [3.8, 4) is 22.9 Å². The van der Waals surface area contributed by atoms with Crippen LogP contribution in [0.2, 0.25) is 0 Å². The summed E-state index contributed by atoms with van der Waals surface area (Å²) in [6.07, 6.45) is 4.28. The Hall–Kier alpha value is -4.98. The number of carbonyl (C=O) groups is 1. The Morgan fingerprint density at radius 3 is 2.49 bits per heavy atom. The minimum Gasteiger partial charge on any atom is -0.454 e. The standard InChI is InChI=1S/C27H19FN4O3/c1-2-26(33)30-18-7-6-8-19(15-18)31-23-13-14-29-17-24(23)32(27(31)34)20-11-12-25(22(28)16-20)35-21-9-4-3-5-10-21/h2-17H,1H2,(H,30,33). The van der Waals surface area contributed by atoms with Crippen LogP contribution in [0, 0.1) is 5.82 Å². The highest BCUT2D eigenvalue weighted by molar-refractivity contribution is 5.99. The maximum atomic E-state index is 15.0. The molecule has 2 aromatic heterocycles. The van der Waals surface area contributed by atoms with Gasteiger partial charge in [-0.3, -0.25) is 18.9 Å². The molecule has 0 fully saturated rings. The van der Waals surface area contributed by atoms with Crippen LogP contribution in [-0.4, -0.2) is 20.0 Å². The lowest BCUT2D eigenvalue weighted by atomic mass is 10.2. The number of hydrogen-bond donors (Lipinski definition) is 1. The van der Waals surface area contributed by atoms with E-state index >= 15 is 0 Å². The lowest BCUT2D eigenvalue weighted by Crippen LogP contribution is -2.22. The summed E-state index contributed by atoms with van der Waals surface area (Å²) in [7, 11) is 0. The van der Waals surface area contributed by atoms with Crippen LogP contribution < -0.4 is 15.7 Å². The maximum absolute atomic E-state index is 15.0. The fourth-order valence-electron chi connectivity index (χ4n) is 3.79. The van der Waals surface area contributed by atoms with Gasteiger partial charge in [-0.2, -0.15) is 0 Å². The topological polar surface area (TPSA) is 78.2 Å². The van der Waals surface area contributed by atoms with Crippen molar-refractivity contribution in [2.45, 2.75) is 0 Å². The third kappa shape index (κ3) is 4.20. The van der Waals surface area contributed by atoms with Crippen molar-refractivity contribution < 1.29 is 13.9 Å². The van der Waals surface area contributed by atoms with E-state index in [0.717, 1.165) is 6.08 Å². The van der Waals surface area contributed by atoms with Crippen molar-refractivity contribution in [1.82, 2.24) is 14.1 Å². The molecular weight excluding hydrogens is 447 g/mol. The van der Waals surface area contributed by atoms with Crippen molar-refractivity contribution in [3.05, 3.63) is 120 Å². The number of nitrogens with one attached hydrogen (secondary N) is 1. The van der Waals surface area contributed by atoms with Crippen LogP contribution in [0.5, 0.6) is 11.5 Å². The Morgan fingerprint density at radius 1 is 0.943 bits per heavy atom. The largest absolute Gasteiger partial charge is 0.454 e. The van der Waals surface area contributed by atoms with Crippen LogP contribution in [0.25, 0.3) is 22.4 Å². The lowest BCUT2D eigenvalue weighted by Gasteiger charge is -2.09. The van der Waals surface area contributed by atoms with Gasteiger partial charge >= 0.3 is 5.69 Å². The van der Waals surface area contributed by atoms with Crippen LogP contribution in [0.1, 0.15) is 0 Å². The van der Waals surface area contributed by atoms with E-state index in [2.05, 4.69) is 16.9 Å². The number of ether oxygens (including phenoxy) is 1. The Kier molecular flexibility index (Phi) is 5.68. The number of pyridine rings is 1. The number of imidazole rings is 1. The molecule has 7 nitrogen and oxygen atoms in total. The molecule has 0 aliphatic carbocycles. The van der Waals surface area contributed by atoms with Gasteiger partial charge in [0.05, 0.1) is 28.6 Å². The molecule has 8 heteroatoms. The molecule has 0 spiro atoms. The molecule has 172 valence electrons. The molecule has 0 saturated carbocycles. The van der Waals surface area contributed by atoms with E-state index in [4.69, 9.17) is 4.74 Å². The van der Waals surface area contributed by atoms with Gasteiger partial charge in [0.25, 0.3) is 0 Å². The second kappa shape index (κ2) is 9.11. The van der Waals surface area contributed by atoms with E-state index in [1.54, 1.807) is 73.1 Å². The second-order valence-electron chi connectivity index (χ2n) is 7.59. The third-order valence-electron chi connectivity index (χ3n) is 5.34. The number of rotatable bonds is 6. The van der Waals surface area contributed by atoms with Gasteiger partial charge in [0.15, 0.2) is 11.6 Å². The average molecular weight is 466 g/mol. The number of carbonyl (C=O) groups excluding carboxylic acids is 1. The van der Waals surface area contributed by atoms with Gasteiger partial charge in [-0.05, 0) is 54.6 Å². The molecule has 2 heterocycles. The van der Waals surface area contributed by atoms with Gasteiger partial charge in [-0.25, -0.2) is 9.18 Å². The molecule has 0 saturated heterocycles. The molecule has 0 radical (unpaired) electrons. The number of hydrogen-bond acceptors (Lipinski definition) is 4. The summed E-state index contributed by atoms with van der Waals surface area (Å²) in [5.74, 6) is -0.437. The summed E-state index contributed by atoms with van der Waals surface area (Å²) in [5.41, 5.74) is 1.99. The van der Waals surface area contributed by atoms with Crippen LogP contribution in [0.4, 0.5) is 10.1 Å². The molecule has 0 aliphatic heterocycles. The highest BCUT2D eigenvalue weighted by Gasteiger charge is 2.18. The highest BCUT2D eigenvalue weighted by atomic mass is 19.1. The quantitative estimate of drug-likeness (QED) is 0.348. The normalized spacial score (nSPS) is 10.8. The van der Waals surface area contributed by atoms with Gasteiger partial charge in [0.2, 0.25) is 5.91 Å². The number of amides is 1. The third-order valence-corrected chi connectivity index (χ3v) is 5.34. The number of aromatic nitrogens is 3. The molecule has 3 aromatic carbocycles. The predicted octanol–water partition coefficient (Wildman–Crippen LogP) is 5.23. The fraction of sp³-hybridized carbons (Fsp3) is 0. The van der Waals surface area contributed by atoms with Gasteiger partial charge in [-0.15, -0.1) is 0 Å². The number of para-hydroxylation sites is 1. The second-order valence-corrected chi connectivity index (χ2v) is 7.59. The number of fused-ring (bicyclic) bond motifs is 1.